The number of benzene rings is 1. The number of methoxy groups -OCH3 is 1. The SMILES string of the molecule is COC(=O)c1cc(S(=O)(=O)N2CCCC2C(=O)O)ccc1C. The topological polar surface area (TPSA) is 101 Å². The standard InChI is InChI=1S/C14H17NO6S/c1-9-5-6-10(8-11(9)14(18)21-2)22(19,20)15-7-3-4-12(15)13(16)17/h5-6,8,12H,3-4,7H2,1-2H3,(H,16,17). The number of sulfonamides is 1. The fraction of sp³-hybridized carbons (Fsp3) is 0.429. The van der Waals surface area contributed by atoms with E-state index in [2.05, 4.69) is 4.74 Å². The number of aryl methyl sites for hydroxylation is 1. The van der Waals surface area contributed by atoms with Crippen molar-refractivity contribution in [3.63, 3.8) is 0 Å². The van der Waals surface area contributed by atoms with Gasteiger partial charge in [-0.15, -0.1) is 0 Å². The molecule has 1 unspecified atom stereocenters. The summed E-state index contributed by atoms with van der Waals surface area (Å²) in [6.45, 7) is 1.82. The molecule has 1 aliphatic heterocycles. The molecule has 0 aliphatic carbocycles. The second-order valence-electron chi connectivity index (χ2n) is 5.08. The lowest BCUT2D eigenvalue weighted by molar-refractivity contribution is -0.140. The summed E-state index contributed by atoms with van der Waals surface area (Å²) in [6, 6.07) is 3.04. The number of aliphatic carboxylic acids is 1. The first-order chi connectivity index (χ1) is 10.3. The van der Waals surface area contributed by atoms with Crippen molar-refractivity contribution in [2.75, 3.05) is 13.7 Å². The maximum Gasteiger partial charge on any atom is 0.338 e. The van der Waals surface area contributed by atoms with E-state index in [0.29, 0.717) is 12.0 Å². The molecule has 0 amide bonds. The summed E-state index contributed by atoms with van der Waals surface area (Å²) >= 11 is 0. The van der Waals surface area contributed by atoms with Crippen molar-refractivity contribution >= 4 is 22.0 Å². The summed E-state index contributed by atoms with van der Waals surface area (Å²) in [7, 11) is -2.76. The van der Waals surface area contributed by atoms with Gasteiger partial charge in [0.15, 0.2) is 0 Å². The van der Waals surface area contributed by atoms with Gasteiger partial charge in [0.1, 0.15) is 6.04 Å². The summed E-state index contributed by atoms with van der Waals surface area (Å²) in [5, 5.41) is 9.14. The smallest absolute Gasteiger partial charge is 0.338 e. The molecule has 0 bridgehead atoms. The van der Waals surface area contributed by atoms with Crippen molar-refractivity contribution in [1.82, 2.24) is 4.31 Å². The second kappa shape index (κ2) is 6.05. The summed E-state index contributed by atoms with van der Waals surface area (Å²) in [4.78, 5) is 22.8. The van der Waals surface area contributed by atoms with Gasteiger partial charge in [-0.1, -0.05) is 6.07 Å². The van der Waals surface area contributed by atoms with Crippen molar-refractivity contribution in [2.24, 2.45) is 0 Å². The zero-order valence-electron chi connectivity index (χ0n) is 12.3. The molecule has 1 heterocycles. The van der Waals surface area contributed by atoms with Crippen molar-refractivity contribution < 1.29 is 27.9 Å². The van der Waals surface area contributed by atoms with Gasteiger partial charge in [0.05, 0.1) is 17.6 Å². The summed E-state index contributed by atoms with van der Waals surface area (Å²) in [5.41, 5.74) is 0.733. The average Bonchev–Trinajstić information content (AvgIpc) is 2.97. The lowest BCUT2D eigenvalue weighted by atomic mass is 10.1. The van der Waals surface area contributed by atoms with Crippen molar-refractivity contribution in [2.45, 2.75) is 30.7 Å². The molecule has 2 rings (SSSR count). The predicted molar refractivity (Wildman–Crippen MR) is 77.1 cm³/mol. The van der Waals surface area contributed by atoms with E-state index in [0.717, 1.165) is 4.31 Å². The molecule has 7 nitrogen and oxygen atoms in total. The number of hydrogen-bond acceptors (Lipinski definition) is 5. The van der Waals surface area contributed by atoms with E-state index >= 15 is 0 Å². The van der Waals surface area contributed by atoms with Gasteiger partial charge in [-0.05, 0) is 37.5 Å². The number of rotatable bonds is 4. The van der Waals surface area contributed by atoms with Crippen LogP contribution in [0.1, 0.15) is 28.8 Å². The van der Waals surface area contributed by atoms with Crippen molar-refractivity contribution in [1.29, 1.82) is 0 Å². The van der Waals surface area contributed by atoms with Gasteiger partial charge >= 0.3 is 11.9 Å². The fourth-order valence-electron chi connectivity index (χ4n) is 2.50. The fourth-order valence-corrected chi connectivity index (χ4v) is 4.18. The van der Waals surface area contributed by atoms with E-state index in [4.69, 9.17) is 5.11 Å². The Labute approximate surface area is 128 Å². The van der Waals surface area contributed by atoms with E-state index in [1.54, 1.807) is 6.92 Å². The van der Waals surface area contributed by atoms with Crippen LogP contribution in [0.25, 0.3) is 0 Å². The van der Waals surface area contributed by atoms with Crippen LogP contribution in [-0.4, -0.2) is 49.5 Å². The number of carboxylic acid groups (broad SMARTS) is 1. The molecule has 1 saturated heterocycles. The molecule has 1 aromatic rings. The second-order valence-corrected chi connectivity index (χ2v) is 6.97. The molecule has 0 aromatic heterocycles. The highest BCUT2D eigenvalue weighted by atomic mass is 32.2. The Balaban J connectivity index is 2.46. The van der Waals surface area contributed by atoms with Gasteiger partial charge < -0.3 is 9.84 Å². The third-order valence-electron chi connectivity index (χ3n) is 3.71. The zero-order chi connectivity index (χ0) is 16.5. The molecule has 1 N–H and O–H groups in total. The van der Waals surface area contributed by atoms with Crippen LogP contribution >= 0.6 is 0 Å². The molecule has 0 radical (unpaired) electrons. The third-order valence-corrected chi connectivity index (χ3v) is 5.61. The molecule has 1 aliphatic rings. The normalized spacial score (nSPS) is 19.1. The average molecular weight is 327 g/mol. The Bertz CT molecular complexity index is 712. The lowest BCUT2D eigenvalue weighted by Gasteiger charge is -2.21. The van der Waals surface area contributed by atoms with E-state index in [1.165, 1.54) is 25.3 Å². The lowest BCUT2D eigenvalue weighted by Crippen LogP contribution is -2.40. The van der Waals surface area contributed by atoms with E-state index < -0.39 is 28.0 Å². The Kier molecular flexibility index (Phi) is 4.52. The molecule has 1 atom stereocenters. The number of carboxylic acids is 1. The Hall–Kier alpha value is -1.93. The highest BCUT2D eigenvalue weighted by molar-refractivity contribution is 7.89. The molecule has 0 spiro atoms. The number of hydrogen-bond donors (Lipinski definition) is 1. The Morgan fingerprint density at radius 3 is 2.64 bits per heavy atom. The van der Waals surface area contributed by atoms with Crippen LogP contribution in [-0.2, 0) is 19.6 Å². The van der Waals surface area contributed by atoms with Crippen molar-refractivity contribution in [3.8, 4) is 0 Å². The van der Waals surface area contributed by atoms with Gasteiger partial charge in [-0.3, -0.25) is 4.79 Å². The highest BCUT2D eigenvalue weighted by Crippen LogP contribution is 2.27. The van der Waals surface area contributed by atoms with E-state index in [-0.39, 0.29) is 23.4 Å². The number of ether oxygens (including phenoxy) is 1. The van der Waals surface area contributed by atoms with Crippen LogP contribution in [0, 0.1) is 6.92 Å². The van der Waals surface area contributed by atoms with E-state index in [9.17, 15) is 18.0 Å². The highest BCUT2D eigenvalue weighted by Gasteiger charge is 2.39. The zero-order valence-corrected chi connectivity index (χ0v) is 13.1. The first kappa shape index (κ1) is 16.4. The van der Waals surface area contributed by atoms with Gasteiger partial charge in [0.2, 0.25) is 10.0 Å². The third kappa shape index (κ3) is 2.84. The summed E-state index contributed by atoms with van der Waals surface area (Å²) in [6.07, 6.45) is 0.774. The summed E-state index contributed by atoms with van der Waals surface area (Å²) in [5.74, 6) is -1.80. The molecular formula is C14H17NO6S. The van der Waals surface area contributed by atoms with Crippen LogP contribution in [0.15, 0.2) is 23.1 Å². The molecule has 1 aromatic carbocycles. The van der Waals surface area contributed by atoms with E-state index in [1.807, 2.05) is 0 Å². The van der Waals surface area contributed by atoms with Crippen LogP contribution < -0.4 is 0 Å². The van der Waals surface area contributed by atoms with Crippen LogP contribution in [0.5, 0.6) is 0 Å². The van der Waals surface area contributed by atoms with Gasteiger partial charge in [0, 0.05) is 6.54 Å². The minimum absolute atomic E-state index is 0.105. The van der Waals surface area contributed by atoms with Crippen LogP contribution in [0.3, 0.4) is 0 Å². The number of carbonyl (C=O) groups is 2. The van der Waals surface area contributed by atoms with Gasteiger partial charge in [-0.2, -0.15) is 4.31 Å². The molecular weight excluding hydrogens is 310 g/mol. The first-order valence-electron chi connectivity index (χ1n) is 6.72. The number of carbonyl (C=O) groups excluding carboxylic acids is 1. The number of esters is 1. The largest absolute Gasteiger partial charge is 0.480 e. The molecule has 8 heteroatoms. The molecule has 1 fully saturated rings. The summed E-state index contributed by atoms with van der Waals surface area (Å²) < 4.78 is 30.9. The van der Waals surface area contributed by atoms with Crippen molar-refractivity contribution in [3.05, 3.63) is 29.3 Å². The van der Waals surface area contributed by atoms with Gasteiger partial charge in [0.25, 0.3) is 0 Å². The van der Waals surface area contributed by atoms with Crippen LogP contribution in [0.4, 0.5) is 0 Å². The minimum Gasteiger partial charge on any atom is -0.480 e. The predicted octanol–water partition coefficient (Wildman–Crippen LogP) is 1.02. The number of nitrogens with zero attached hydrogens (tertiary/aromatic N) is 1. The monoisotopic (exact) mass is 327 g/mol. The maximum absolute atomic E-state index is 12.6. The Morgan fingerprint density at radius 2 is 2.05 bits per heavy atom. The Morgan fingerprint density at radius 1 is 1.36 bits per heavy atom. The van der Waals surface area contributed by atoms with Crippen LogP contribution in [0.2, 0.25) is 0 Å². The quantitative estimate of drug-likeness (QED) is 0.829. The molecule has 22 heavy (non-hydrogen) atoms. The first-order valence-corrected chi connectivity index (χ1v) is 8.16. The minimum atomic E-state index is -3.97. The maximum atomic E-state index is 12.6. The molecule has 120 valence electrons. The molecule has 0 saturated carbocycles. The van der Waals surface area contributed by atoms with Gasteiger partial charge in [-0.25, -0.2) is 13.2 Å².